The third kappa shape index (κ3) is 2.65. The van der Waals surface area contributed by atoms with Crippen molar-refractivity contribution in [1.82, 2.24) is 24.7 Å². The van der Waals surface area contributed by atoms with Gasteiger partial charge >= 0.3 is 0 Å². The molecule has 0 aliphatic heterocycles. The summed E-state index contributed by atoms with van der Waals surface area (Å²) in [7, 11) is 3.89. The highest BCUT2D eigenvalue weighted by Crippen LogP contribution is 2.17. The standard InChI is InChI=1S/C10H15N5S/c1-11-9(10-7-16-14-13-10)4-3-8-5-12-15(2)6-8/h5-7,9,11H,3-4H2,1-2H3. The summed E-state index contributed by atoms with van der Waals surface area (Å²) in [5, 5.41) is 13.5. The highest BCUT2D eigenvalue weighted by molar-refractivity contribution is 7.03. The molecule has 0 aliphatic carbocycles. The third-order valence-electron chi connectivity index (χ3n) is 2.56. The lowest BCUT2D eigenvalue weighted by Gasteiger charge is -2.11. The van der Waals surface area contributed by atoms with Gasteiger partial charge in [-0.2, -0.15) is 5.10 Å². The lowest BCUT2D eigenvalue weighted by molar-refractivity contribution is 0.534. The Balaban J connectivity index is 1.93. The molecule has 0 aliphatic rings. The summed E-state index contributed by atoms with van der Waals surface area (Å²) in [6, 6.07) is 0.277. The van der Waals surface area contributed by atoms with Gasteiger partial charge in [-0.25, -0.2) is 0 Å². The molecule has 5 nitrogen and oxygen atoms in total. The fourth-order valence-corrected chi connectivity index (χ4v) is 2.18. The quantitative estimate of drug-likeness (QED) is 0.848. The first-order chi connectivity index (χ1) is 7.79. The van der Waals surface area contributed by atoms with Crippen LogP contribution in [-0.4, -0.2) is 26.4 Å². The first-order valence-electron chi connectivity index (χ1n) is 5.21. The van der Waals surface area contributed by atoms with Crippen molar-refractivity contribution in [2.75, 3.05) is 7.05 Å². The molecule has 86 valence electrons. The number of hydrogen-bond donors (Lipinski definition) is 1. The van der Waals surface area contributed by atoms with E-state index in [9.17, 15) is 0 Å². The van der Waals surface area contributed by atoms with E-state index >= 15 is 0 Å². The van der Waals surface area contributed by atoms with Crippen molar-refractivity contribution in [3.8, 4) is 0 Å². The molecule has 0 radical (unpaired) electrons. The minimum Gasteiger partial charge on any atom is -0.312 e. The molecule has 2 heterocycles. The highest BCUT2D eigenvalue weighted by Gasteiger charge is 2.12. The Morgan fingerprint density at radius 1 is 1.56 bits per heavy atom. The zero-order valence-corrected chi connectivity index (χ0v) is 10.2. The van der Waals surface area contributed by atoms with Gasteiger partial charge in [-0.1, -0.05) is 4.49 Å². The average molecular weight is 237 g/mol. The molecule has 0 amide bonds. The van der Waals surface area contributed by atoms with E-state index in [1.807, 2.05) is 36.6 Å². The second-order valence-corrected chi connectivity index (χ2v) is 4.34. The molecule has 0 spiro atoms. The van der Waals surface area contributed by atoms with Gasteiger partial charge in [-0.15, -0.1) is 5.10 Å². The van der Waals surface area contributed by atoms with Crippen LogP contribution in [0.4, 0.5) is 0 Å². The van der Waals surface area contributed by atoms with E-state index in [1.165, 1.54) is 17.1 Å². The highest BCUT2D eigenvalue weighted by atomic mass is 32.1. The minimum atomic E-state index is 0.277. The van der Waals surface area contributed by atoms with Crippen LogP contribution in [0, 0.1) is 0 Å². The topological polar surface area (TPSA) is 55.6 Å². The summed E-state index contributed by atoms with van der Waals surface area (Å²) in [4.78, 5) is 0. The largest absolute Gasteiger partial charge is 0.312 e. The zero-order valence-electron chi connectivity index (χ0n) is 9.42. The van der Waals surface area contributed by atoms with Crippen LogP contribution in [0.5, 0.6) is 0 Å². The monoisotopic (exact) mass is 237 g/mol. The molecule has 2 rings (SSSR count). The first kappa shape index (κ1) is 11.2. The maximum Gasteiger partial charge on any atom is 0.0924 e. The van der Waals surface area contributed by atoms with Crippen LogP contribution >= 0.6 is 11.5 Å². The molecule has 0 fully saturated rings. The van der Waals surface area contributed by atoms with Crippen LogP contribution in [0.25, 0.3) is 0 Å². The van der Waals surface area contributed by atoms with Crippen molar-refractivity contribution in [1.29, 1.82) is 0 Å². The van der Waals surface area contributed by atoms with E-state index < -0.39 is 0 Å². The minimum absolute atomic E-state index is 0.277. The SMILES string of the molecule is CNC(CCc1cnn(C)c1)c1csnn1. The molecule has 1 unspecified atom stereocenters. The normalized spacial score (nSPS) is 12.9. The first-order valence-corrected chi connectivity index (χ1v) is 6.05. The molecule has 6 heteroatoms. The molecule has 0 aromatic carbocycles. The van der Waals surface area contributed by atoms with Crippen molar-refractivity contribution in [2.24, 2.45) is 7.05 Å². The van der Waals surface area contributed by atoms with Gasteiger partial charge in [0.2, 0.25) is 0 Å². The van der Waals surface area contributed by atoms with Gasteiger partial charge in [0.25, 0.3) is 0 Å². The van der Waals surface area contributed by atoms with Gasteiger partial charge < -0.3 is 5.32 Å². The fourth-order valence-electron chi connectivity index (χ4n) is 1.68. The molecule has 16 heavy (non-hydrogen) atoms. The Morgan fingerprint density at radius 2 is 2.44 bits per heavy atom. The maximum absolute atomic E-state index is 4.15. The number of hydrogen-bond acceptors (Lipinski definition) is 5. The zero-order chi connectivity index (χ0) is 11.4. The summed E-state index contributed by atoms with van der Waals surface area (Å²) >= 11 is 1.39. The predicted molar refractivity (Wildman–Crippen MR) is 63.2 cm³/mol. The van der Waals surface area contributed by atoms with E-state index in [-0.39, 0.29) is 6.04 Å². The third-order valence-corrected chi connectivity index (χ3v) is 3.09. The van der Waals surface area contributed by atoms with E-state index in [2.05, 4.69) is 20.0 Å². The van der Waals surface area contributed by atoms with E-state index in [0.29, 0.717) is 0 Å². The molecule has 0 bridgehead atoms. The summed E-state index contributed by atoms with van der Waals surface area (Å²) in [5.74, 6) is 0. The van der Waals surface area contributed by atoms with Gasteiger partial charge in [0.15, 0.2) is 0 Å². The Kier molecular flexibility index (Phi) is 3.63. The van der Waals surface area contributed by atoms with E-state index in [1.54, 1.807) is 0 Å². The van der Waals surface area contributed by atoms with E-state index in [0.717, 1.165) is 18.5 Å². The van der Waals surface area contributed by atoms with Crippen molar-refractivity contribution in [2.45, 2.75) is 18.9 Å². The Morgan fingerprint density at radius 3 is 3.00 bits per heavy atom. The van der Waals surface area contributed by atoms with Crippen LogP contribution < -0.4 is 5.32 Å². The van der Waals surface area contributed by atoms with E-state index in [4.69, 9.17) is 0 Å². The number of rotatable bonds is 5. The summed E-state index contributed by atoms with van der Waals surface area (Å²) in [6.07, 6.45) is 5.96. The average Bonchev–Trinajstić information content (AvgIpc) is 2.91. The van der Waals surface area contributed by atoms with Crippen LogP contribution in [0.2, 0.25) is 0 Å². The fraction of sp³-hybridized carbons (Fsp3) is 0.500. The van der Waals surface area contributed by atoms with Gasteiger partial charge in [-0.05, 0) is 37.0 Å². The van der Waals surface area contributed by atoms with Gasteiger partial charge in [0.1, 0.15) is 0 Å². The van der Waals surface area contributed by atoms with Crippen molar-refractivity contribution >= 4 is 11.5 Å². The maximum atomic E-state index is 4.15. The number of nitrogens with one attached hydrogen (secondary N) is 1. The molecule has 2 aromatic rings. The molecular formula is C10H15N5S. The molecular weight excluding hydrogens is 222 g/mol. The molecule has 0 saturated carbocycles. The van der Waals surface area contributed by atoms with Crippen LogP contribution in [0.3, 0.4) is 0 Å². The molecule has 1 atom stereocenters. The number of nitrogens with zero attached hydrogens (tertiary/aromatic N) is 4. The Labute approximate surface area is 98.7 Å². The molecule has 0 saturated heterocycles. The van der Waals surface area contributed by atoms with Crippen molar-refractivity contribution < 1.29 is 0 Å². The number of aryl methyl sites for hydroxylation is 2. The second kappa shape index (κ2) is 5.18. The van der Waals surface area contributed by atoms with Crippen LogP contribution in [-0.2, 0) is 13.5 Å². The Bertz CT molecular complexity index is 422. The summed E-state index contributed by atoms with van der Waals surface area (Å²) in [5.41, 5.74) is 2.28. The van der Waals surface area contributed by atoms with Crippen LogP contribution in [0.15, 0.2) is 17.8 Å². The van der Waals surface area contributed by atoms with Gasteiger partial charge in [-0.3, -0.25) is 4.68 Å². The molecule has 1 N–H and O–H groups in total. The lowest BCUT2D eigenvalue weighted by atomic mass is 10.1. The van der Waals surface area contributed by atoms with Crippen molar-refractivity contribution in [3.05, 3.63) is 29.0 Å². The second-order valence-electron chi connectivity index (χ2n) is 3.73. The van der Waals surface area contributed by atoms with Gasteiger partial charge in [0.05, 0.1) is 17.9 Å². The van der Waals surface area contributed by atoms with Gasteiger partial charge in [0, 0.05) is 18.6 Å². The molecule has 2 aromatic heterocycles. The van der Waals surface area contributed by atoms with Crippen molar-refractivity contribution in [3.63, 3.8) is 0 Å². The smallest absolute Gasteiger partial charge is 0.0924 e. The Hall–Kier alpha value is -1.27. The number of aromatic nitrogens is 4. The summed E-state index contributed by atoms with van der Waals surface area (Å²) < 4.78 is 5.71. The lowest BCUT2D eigenvalue weighted by Crippen LogP contribution is -2.17. The predicted octanol–water partition coefficient (Wildman–Crippen LogP) is 1.16. The summed E-state index contributed by atoms with van der Waals surface area (Å²) in [6.45, 7) is 0. The van der Waals surface area contributed by atoms with Crippen LogP contribution in [0.1, 0.15) is 23.7 Å².